The Balaban J connectivity index is 1.74. The molecule has 24 heavy (non-hydrogen) atoms. The second kappa shape index (κ2) is 9.82. The van der Waals surface area contributed by atoms with Crippen LogP contribution in [0.4, 0.5) is 0 Å². The van der Waals surface area contributed by atoms with Gasteiger partial charge in [-0.2, -0.15) is 0 Å². The predicted molar refractivity (Wildman–Crippen MR) is 94.7 cm³/mol. The molecular formula is C19H32N2O3. The number of hydrogen-bond donors (Lipinski definition) is 2. The molecule has 0 saturated carbocycles. The first-order valence-electron chi connectivity index (χ1n) is 9.44. The van der Waals surface area contributed by atoms with Gasteiger partial charge in [0.25, 0.3) is 0 Å². The van der Waals surface area contributed by atoms with Crippen molar-refractivity contribution in [2.75, 3.05) is 26.2 Å². The molecule has 0 unspecified atom stereocenters. The Kier molecular flexibility index (Phi) is 7.76. The van der Waals surface area contributed by atoms with Gasteiger partial charge in [0, 0.05) is 19.0 Å². The largest absolute Gasteiger partial charge is 0.481 e. The van der Waals surface area contributed by atoms with Gasteiger partial charge in [0.15, 0.2) is 0 Å². The van der Waals surface area contributed by atoms with Gasteiger partial charge in [-0.05, 0) is 63.5 Å². The second-order valence-corrected chi connectivity index (χ2v) is 7.40. The van der Waals surface area contributed by atoms with E-state index in [1.165, 1.54) is 19.3 Å². The Bertz CT molecular complexity index is 444. The maximum atomic E-state index is 12.6. The number of amides is 1. The first kappa shape index (κ1) is 19.0. The molecule has 0 aromatic carbocycles. The van der Waals surface area contributed by atoms with E-state index >= 15 is 0 Å². The van der Waals surface area contributed by atoms with E-state index < -0.39 is 5.97 Å². The SMILES string of the molecule is C[C@@H](/C=C/CN1CCC[C@@H](CCC2CCNCC2)C1=O)CC(=O)O. The van der Waals surface area contributed by atoms with Crippen LogP contribution in [-0.2, 0) is 9.59 Å². The fourth-order valence-electron chi connectivity index (χ4n) is 3.84. The molecule has 2 rings (SSSR count). The summed E-state index contributed by atoms with van der Waals surface area (Å²) in [6.07, 6.45) is 10.8. The van der Waals surface area contributed by atoms with Crippen molar-refractivity contribution < 1.29 is 14.7 Å². The number of hydrogen-bond acceptors (Lipinski definition) is 3. The number of carboxylic acid groups (broad SMARTS) is 1. The van der Waals surface area contributed by atoms with E-state index in [9.17, 15) is 9.59 Å². The molecule has 2 fully saturated rings. The van der Waals surface area contributed by atoms with Crippen LogP contribution in [0.3, 0.4) is 0 Å². The van der Waals surface area contributed by atoms with Crippen LogP contribution in [0.2, 0.25) is 0 Å². The first-order chi connectivity index (χ1) is 11.6. The van der Waals surface area contributed by atoms with Gasteiger partial charge < -0.3 is 15.3 Å². The normalized spacial score (nSPS) is 24.5. The number of carboxylic acids is 1. The predicted octanol–water partition coefficient (Wildman–Crippen LogP) is 2.67. The zero-order valence-electron chi connectivity index (χ0n) is 14.9. The minimum atomic E-state index is -0.779. The van der Waals surface area contributed by atoms with Gasteiger partial charge >= 0.3 is 5.97 Å². The number of carbonyl (C=O) groups excluding carboxylic acids is 1. The molecular weight excluding hydrogens is 304 g/mol. The van der Waals surface area contributed by atoms with Crippen molar-refractivity contribution in [2.24, 2.45) is 17.8 Å². The molecule has 0 aliphatic carbocycles. The Morgan fingerprint density at radius 1 is 1.33 bits per heavy atom. The Labute approximate surface area is 145 Å². The summed E-state index contributed by atoms with van der Waals surface area (Å²) in [7, 11) is 0. The third kappa shape index (κ3) is 6.27. The molecule has 0 aromatic rings. The van der Waals surface area contributed by atoms with Crippen molar-refractivity contribution in [2.45, 2.75) is 51.9 Å². The standard InChI is InChI=1S/C19H32N2O3/c1-15(14-18(22)23)4-2-12-21-13-3-5-17(19(21)24)7-6-16-8-10-20-11-9-16/h2,4,15-17,20H,3,5-14H2,1H3,(H,22,23)/b4-2+/t15-,17-/m0/s1. The van der Waals surface area contributed by atoms with E-state index in [1.807, 2.05) is 24.0 Å². The lowest BCUT2D eigenvalue weighted by Gasteiger charge is -2.33. The third-order valence-electron chi connectivity index (χ3n) is 5.31. The fourth-order valence-corrected chi connectivity index (χ4v) is 3.84. The van der Waals surface area contributed by atoms with E-state index in [0.29, 0.717) is 12.5 Å². The van der Waals surface area contributed by atoms with Crippen LogP contribution in [0.15, 0.2) is 12.2 Å². The van der Waals surface area contributed by atoms with Crippen LogP contribution in [0, 0.1) is 17.8 Å². The molecule has 5 nitrogen and oxygen atoms in total. The lowest BCUT2D eigenvalue weighted by molar-refractivity contribution is -0.139. The minimum absolute atomic E-state index is 0.0121. The highest BCUT2D eigenvalue weighted by Crippen LogP contribution is 2.27. The average molecular weight is 336 g/mol. The van der Waals surface area contributed by atoms with E-state index in [-0.39, 0.29) is 18.3 Å². The molecule has 2 saturated heterocycles. The van der Waals surface area contributed by atoms with Crippen LogP contribution < -0.4 is 5.32 Å². The number of carbonyl (C=O) groups is 2. The number of piperidine rings is 2. The number of nitrogens with zero attached hydrogens (tertiary/aromatic N) is 1. The van der Waals surface area contributed by atoms with Crippen LogP contribution in [-0.4, -0.2) is 48.1 Å². The molecule has 2 N–H and O–H groups in total. The summed E-state index contributed by atoms with van der Waals surface area (Å²) < 4.78 is 0. The van der Waals surface area contributed by atoms with E-state index in [4.69, 9.17) is 5.11 Å². The van der Waals surface area contributed by atoms with Gasteiger partial charge in [0.1, 0.15) is 0 Å². The molecule has 0 radical (unpaired) electrons. The van der Waals surface area contributed by atoms with Crippen molar-refractivity contribution in [3.05, 3.63) is 12.2 Å². The van der Waals surface area contributed by atoms with Gasteiger partial charge in [-0.25, -0.2) is 0 Å². The van der Waals surface area contributed by atoms with Crippen molar-refractivity contribution in [1.29, 1.82) is 0 Å². The van der Waals surface area contributed by atoms with Gasteiger partial charge in [-0.3, -0.25) is 9.59 Å². The number of allylic oxidation sites excluding steroid dienone is 1. The van der Waals surface area contributed by atoms with Crippen molar-refractivity contribution in [1.82, 2.24) is 10.2 Å². The Hall–Kier alpha value is -1.36. The molecule has 136 valence electrons. The molecule has 2 heterocycles. The van der Waals surface area contributed by atoms with Crippen molar-refractivity contribution in [3.8, 4) is 0 Å². The highest BCUT2D eigenvalue weighted by molar-refractivity contribution is 5.79. The van der Waals surface area contributed by atoms with Gasteiger partial charge in [-0.1, -0.05) is 19.1 Å². The average Bonchev–Trinajstić information content (AvgIpc) is 2.55. The number of nitrogens with one attached hydrogen (secondary N) is 1. The third-order valence-corrected chi connectivity index (χ3v) is 5.31. The molecule has 2 aliphatic heterocycles. The summed E-state index contributed by atoms with van der Waals surface area (Å²) >= 11 is 0. The highest BCUT2D eigenvalue weighted by Gasteiger charge is 2.28. The van der Waals surface area contributed by atoms with Crippen molar-refractivity contribution in [3.63, 3.8) is 0 Å². The topological polar surface area (TPSA) is 69.6 Å². The van der Waals surface area contributed by atoms with Crippen LogP contribution in [0.25, 0.3) is 0 Å². The maximum absolute atomic E-state index is 12.6. The molecule has 0 bridgehead atoms. The zero-order valence-corrected chi connectivity index (χ0v) is 14.9. The van der Waals surface area contributed by atoms with E-state index in [0.717, 1.165) is 44.8 Å². The van der Waals surface area contributed by atoms with E-state index in [1.54, 1.807) is 0 Å². The summed E-state index contributed by atoms with van der Waals surface area (Å²) in [6, 6.07) is 0. The van der Waals surface area contributed by atoms with Crippen LogP contribution >= 0.6 is 0 Å². The quantitative estimate of drug-likeness (QED) is 0.669. The highest BCUT2D eigenvalue weighted by atomic mass is 16.4. The van der Waals surface area contributed by atoms with Crippen LogP contribution in [0.1, 0.15) is 51.9 Å². The van der Waals surface area contributed by atoms with Gasteiger partial charge in [0.2, 0.25) is 5.91 Å². The second-order valence-electron chi connectivity index (χ2n) is 7.40. The molecule has 2 atom stereocenters. The first-order valence-corrected chi connectivity index (χ1v) is 9.44. The zero-order chi connectivity index (χ0) is 17.4. The minimum Gasteiger partial charge on any atom is -0.481 e. The maximum Gasteiger partial charge on any atom is 0.303 e. The molecule has 1 amide bonds. The number of rotatable bonds is 8. The molecule has 5 heteroatoms. The monoisotopic (exact) mass is 336 g/mol. The number of likely N-dealkylation sites (tertiary alicyclic amines) is 1. The molecule has 2 aliphatic rings. The number of aliphatic carboxylic acids is 1. The van der Waals surface area contributed by atoms with Gasteiger partial charge in [-0.15, -0.1) is 0 Å². The Morgan fingerprint density at radius 3 is 2.79 bits per heavy atom. The lowest BCUT2D eigenvalue weighted by atomic mass is 9.86. The fraction of sp³-hybridized carbons (Fsp3) is 0.789. The lowest BCUT2D eigenvalue weighted by Crippen LogP contribution is -2.41. The van der Waals surface area contributed by atoms with Gasteiger partial charge in [0.05, 0.1) is 6.42 Å². The summed E-state index contributed by atoms with van der Waals surface area (Å²) in [5.41, 5.74) is 0. The smallest absolute Gasteiger partial charge is 0.303 e. The summed E-state index contributed by atoms with van der Waals surface area (Å²) in [6.45, 7) is 5.58. The van der Waals surface area contributed by atoms with Crippen LogP contribution in [0.5, 0.6) is 0 Å². The summed E-state index contributed by atoms with van der Waals surface area (Å²) in [5, 5.41) is 12.2. The van der Waals surface area contributed by atoms with Crippen molar-refractivity contribution >= 4 is 11.9 Å². The summed E-state index contributed by atoms with van der Waals surface area (Å²) in [4.78, 5) is 25.3. The molecule has 0 aromatic heterocycles. The van der Waals surface area contributed by atoms with E-state index in [2.05, 4.69) is 5.32 Å². The summed E-state index contributed by atoms with van der Waals surface area (Å²) in [5.74, 6) is 0.507. The molecule has 0 spiro atoms. The Morgan fingerprint density at radius 2 is 2.08 bits per heavy atom.